The van der Waals surface area contributed by atoms with E-state index in [-0.39, 0.29) is 23.8 Å². The molecule has 0 aliphatic rings. The third-order valence-corrected chi connectivity index (χ3v) is 24.3. The fraction of sp³-hybridized carbons (Fsp3) is 0.951. The molecule has 0 aromatic carbocycles. The van der Waals surface area contributed by atoms with E-state index in [4.69, 9.17) is 14.2 Å². The molecular weight excluding hydrogens is 1040 g/mol. The standard InChI is InChI=1S/C21H41O2S.2C20H39O2S.Sn/c1-3-4-5-6-7-8-9-10-11-12-13-14-15-16-17-20(2)21(22)23-18-19-24;2*1-2-3-4-5-6-7-8-9-10-11-12-13-14-15-16-17-20(21)22-18-19-23;/h20,24H,1,3-19H2,2H3;2*23H,1-19H2;. The molecule has 1 atom stereocenters. The smallest absolute Gasteiger partial charge is 0.465 e. The molecule has 71 heavy (non-hydrogen) atoms. The average molecular weight is 1160 g/mol. The number of hydrogen-bond acceptors (Lipinski definition) is 9. The van der Waals surface area contributed by atoms with Gasteiger partial charge in [0.2, 0.25) is 0 Å². The van der Waals surface area contributed by atoms with Crippen molar-refractivity contribution in [1.82, 2.24) is 0 Å². The molecule has 0 aromatic rings. The van der Waals surface area contributed by atoms with Gasteiger partial charge < -0.3 is 14.2 Å². The van der Waals surface area contributed by atoms with Crippen LogP contribution < -0.4 is 0 Å². The molecule has 0 aromatic heterocycles. The second-order valence-corrected chi connectivity index (χ2v) is 31.4. The van der Waals surface area contributed by atoms with Gasteiger partial charge >= 0.3 is 263 Å². The van der Waals surface area contributed by atoms with E-state index in [1.807, 2.05) is 6.92 Å². The van der Waals surface area contributed by atoms with E-state index in [1.165, 1.54) is 238 Å². The Hall–Kier alpha value is 0.259. The minimum Gasteiger partial charge on any atom is -0.465 e. The summed E-state index contributed by atoms with van der Waals surface area (Å²) >= 11 is 11.0. The molecule has 0 N–H and O–H groups in total. The van der Waals surface area contributed by atoms with Crippen molar-refractivity contribution in [3.8, 4) is 0 Å². The normalized spacial score (nSPS) is 12.0. The first kappa shape index (κ1) is 71.3. The van der Waals surface area contributed by atoms with Crippen molar-refractivity contribution in [3.05, 3.63) is 0 Å². The Labute approximate surface area is 465 Å². The summed E-state index contributed by atoms with van der Waals surface area (Å²) in [5, 5.41) is 0. The molecule has 421 valence electrons. The van der Waals surface area contributed by atoms with Gasteiger partial charge in [-0.3, -0.25) is 14.4 Å². The summed E-state index contributed by atoms with van der Waals surface area (Å²) < 4.78 is 20.4. The average Bonchev–Trinajstić information content (AvgIpc) is 3.37. The molecule has 0 fully saturated rings. The van der Waals surface area contributed by atoms with Crippen molar-refractivity contribution >= 4 is 75.6 Å². The Kier molecular flexibility index (Phi) is 61.3. The second-order valence-electron chi connectivity index (χ2n) is 21.5. The molecule has 0 aliphatic carbocycles. The number of carbonyl (C=O) groups is 3. The fourth-order valence-corrected chi connectivity index (χ4v) is 18.9. The van der Waals surface area contributed by atoms with Gasteiger partial charge in [-0.25, -0.2) is 0 Å². The summed E-state index contributed by atoms with van der Waals surface area (Å²) in [5.41, 5.74) is 0. The van der Waals surface area contributed by atoms with Crippen LogP contribution >= 0.6 is 37.9 Å². The first-order chi connectivity index (χ1) is 34.9. The maximum absolute atomic E-state index is 11.9. The van der Waals surface area contributed by atoms with E-state index in [9.17, 15) is 14.4 Å². The summed E-state index contributed by atoms with van der Waals surface area (Å²) in [7, 11) is 0. The van der Waals surface area contributed by atoms with E-state index in [1.54, 1.807) is 26.2 Å². The van der Waals surface area contributed by atoms with Crippen molar-refractivity contribution < 1.29 is 28.6 Å². The van der Waals surface area contributed by atoms with Crippen LogP contribution in [0.2, 0.25) is 13.3 Å². The van der Waals surface area contributed by atoms with Crippen molar-refractivity contribution in [2.75, 3.05) is 37.1 Å². The molecule has 1 unspecified atom stereocenters. The Morgan fingerprint density at radius 1 is 0.310 bits per heavy atom. The summed E-state index contributed by atoms with van der Waals surface area (Å²) in [4.78, 5) is 35.0. The van der Waals surface area contributed by atoms with Crippen molar-refractivity contribution in [1.29, 1.82) is 0 Å². The number of thiol groups is 3. The molecule has 0 aliphatic heterocycles. The van der Waals surface area contributed by atoms with Gasteiger partial charge in [-0.1, -0.05) is 64.7 Å². The molecule has 0 saturated heterocycles. The van der Waals surface area contributed by atoms with E-state index in [2.05, 4.69) is 37.9 Å². The quantitative estimate of drug-likeness (QED) is 0.0185. The molecule has 0 saturated carbocycles. The van der Waals surface area contributed by atoms with Crippen LogP contribution in [0.4, 0.5) is 0 Å². The van der Waals surface area contributed by atoms with Crippen LogP contribution in [0.3, 0.4) is 0 Å². The van der Waals surface area contributed by atoms with Crippen LogP contribution in [-0.4, -0.2) is 74.7 Å². The van der Waals surface area contributed by atoms with Crippen molar-refractivity contribution in [2.45, 2.75) is 322 Å². The Balaban J connectivity index is 4.07. The van der Waals surface area contributed by atoms with E-state index >= 15 is 0 Å². The molecule has 0 amide bonds. The molecule has 0 spiro atoms. The number of ether oxygens (including phenoxy) is 3. The van der Waals surface area contributed by atoms with Crippen molar-refractivity contribution in [3.63, 3.8) is 0 Å². The van der Waals surface area contributed by atoms with Gasteiger partial charge in [-0.05, 0) is 19.3 Å². The first-order valence-corrected chi connectivity index (χ1v) is 39.0. The number of unbranched alkanes of at least 4 members (excludes halogenated alkanes) is 41. The van der Waals surface area contributed by atoms with Crippen LogP contribution in [0.15, 0.2) is 0 Å². The zero-order chi connectivity index (χ0) is 51.6. The Morgan fingerprint density at radius 2 is 0.521 bits per heavy atom. The minimum absolute atomic E-state index is 0.0245. The van der Waals surface area contributed by atoms with Gasteiger partial charge in [0, 0.05) is 30.1 Å². The zero-order valence-corrected chi connectivity index (χ0v) is 52.5. The monoisotopic (exact) mass is 1160 g/mol. The van der Waals surface area contributed by atoms with Gasteiger partial charge in [0.1, 0.15) is 19.8 Å². The number of carbonyl (C=O) groups excluding carboxylic acids is 3. The van der Waals surface area contributed by atoms with Crippen LogP contribution in [0.1, 0.15) is 309 Å². The van der Waals surface area contributed by atoms with Gasteiger partial charge in [-0.2, -0.15) is 37.9 Å². The molecule has 0 heterocycles. The van der Waals surface area contributed by atoms with Crippen LogP contribution in [0.5, 0.6) is 0 Å². The van der Waals surface area contributed by atoms with Gasteiger partial charge in [0.25, 0.3) is 0 Å². The predicted octanol–water partition coefficient (Wildman–Crippen LogP) is 19.9. The van der Waals surface area contributed by atoms with Crippen LogP contribution in [-0.2, 0) is 28.6 Å². The predicted molar refractivity (Wildman–Crippen MR) is 321 cm³/mol. The summed E-state index contributed by atoms with van der Waals surface area (Å²) in [6, 6.07) is 0. The van der Waals surface area contributed by atoms with Crippen molar-refractivity contribution in [2.24, 2.45) is 5.92 Å². The molecule has 0 rings (SSSR count). The summed E-state index contributed by atoms with van der Waals surface area (Å²) in [6.45, 7) is 3.30. The third kappa shape index (κ3) is 57.8. The third-order valence-electron chi connectivity index (χ3n) is 14.7. The zero-order valence-electron chi connectivity index (χ0n) is 47.0. The fourth-order valence-electron chi connectivity index (χ4n) is 10.1. The Bertz CT molecular complexity index is 1050. The van der Waals surface area contributed by atoms with Crippen LogP contribution in [0, 0.1) is 5.92 Å². The SMILES string of the molecule is CC(CCCCCCCCCCCCCCC[CH2][Sn]([CH2]CCCCCCCCCCCCCCCCC(=O)OCCS)[CH2]CCCCCCCCCCCCCCCCC(=O)OCCS)C(=O)OCCS. The van der Waals surface area contributed by atoms with E-state index < -0.39 is 19.8 Å². The summed E-state index contributed by atoms with van der Waals surface area (Å²) in [6.07, 6.45) is 62.6. The number of hydrogen-bond donors (Lipinski definition) is 3. The first-order valence-electron chi connectivity index (χ1n) is 31.1. The van der Waals surface area contributed by atoms with E-state index in [0.717, 1.165) is 38.5 Å². The molecule has 0 bridgehead atoms. The number of rotatable bonds is 60. The van der Waals surface area contributed by atoms with Gasteiger partial charge in [-0.15, -0.1) is 0 Å². The van der Waals surface area contributed by atoms with Gasteiger partial charge in [0.05, 0.1) is 5.92 Å². The molecule has 1 radical (unpaired) electrons. The number of esters is 3. The van der Waals surface area contributed by atoms with Crippen LogP contribution in [0.25, 0.3) is 0 Å². The second kappa shape index (κ2) is 61.1. The summed E-state index contributed by atoms with van der Waals surface area (Å²) in [5.74, 6) is 1.66. The molecule has 6 nitrogen and oxygen atoms in total. The minimum atomic E-state index is -1.25. The Morgan fingerprint density at radius 3 is 0.775 bits per heavy atom. The van der Waals surface area contributed by atoms with Gasteiger partial charge in [0.15, 0.2) is 0 Å². The molecular formula is C61H119O6S3Sn. The molecule has 10 heteroatoms. The topological polar surface area (TPSA) is 78.9 Å². The van der Waals surface area contributed by atoms with E-state index in [0.29, 0.717) is 49.9 Å². The maximum atomic E-state index is 11.9.